The van der Waals surface area contributed by atoms with Crippen molar-refractivity contribution in [2.24, 2.45) is 19.5 Å². The van der Waals surface area contributed by atoms with Crippen LogP contribution in [0.15, 0.2) is 34.3 Å². The first-order chi connectivity index (χ1) is 12.2. The number of benzene rings is 1. The number of nitrogens with zero attached hydrogens (tertiary/aromatic N) is 2. The number of ketones is 1. The number of carbonyl (C=O) groups is 2. The number of fused-ring (bicyclic) bond motifs is 1. The van der Waals surface area contributed by atoms with Crippen molar-refractivity contribution in [1.82, 2.24) is 9.13 Å². The standard InChI is InChI=1S/C20H22N2O4/c1-20(2)9-15(23)18-12(8-17(24)26-16(18)10-20)11-5-6-13-14(7-11)22(4)19(25)21(13)3/h5-7,12H,8-10H2,1-4H3/t12-/m1/s1. The molecule has 26 heavy (non-hydrogen) atoms. The van der Waals surface area contributed by atoms with E-state index in [9.17, 15) is 14.4 Å². The normalized spacial score (nSPS) is 22.5. The Bertz CT molecular complexity index is 1050. The molecule has 0 spiro atoms. The summed E-state index contributed by atoms with van der Waals surface area (Å²) in [6, 6.07) is 5.70. The number of aryl methyl sites for hydroxylation is 2. The van der Waals surface area contributed by atoms with Crippen molar-refractivity contribution in [1.29, 1.82) is 0 Å². The maximum atomic E-state index is 12.8. The van der Waals surface area contributed by atoms with Crippen molar-refractivity contribution in [2.45, 2.75) is 39.0 Å². The summed E-state index contributed by atoms with van der Waals surface area (Å²) in [5.41, 5.74) is 2.81. The Labute approximate surface area is 151 Å². The number of hydrogen-bond acceptors (Lipinski definition) is 4. The second kappa shape index (κ2) is 5.43. The molecule has 4 rings (SSSR count). The third kappa shape index (κ3) is 2.43. The van der Waals surface area contributed by atoms with Crippen molar-refractivity contribution < 1.29 is 14.3 Å². The van der Waals surface area contributed by atoms with E-state index in [1.165, 1.54) is 0 Å². The fraction of sp³-hybridized carbons (Fsp3) is 0.450. The highest BCUT2D eigenvalue weighted by Gasteiger charge is 2.42. The Morgan fingerprint density at radius 1 is 1.04 bits per heavy atom. The van der Waals surface area contributed by atoms with E-state index in [4.69, 9.17) is 4.74 Å². The molecule has 0 fully saturated rings. The van der Waals surface area contributed by atoms with Gasteiger partial charge in [-0.3, -0.25) is 18.7 Å². The van der Waals surface area contributed by atoms with Gasteiger partial charge in [0.2, 0.25) is 0 Å². The molecule has 1 atom stereocenters. The lowest BCUT2D eigenvalue weighted by molar-refractivity contribution is -0.142. The minimum absolute atomic E-state index is 0.0517. The van der Waals surface area contributed by atoms with Crippen LogP contribution >= 0.6 is 0 Å². The lowest BCUT2D eigenvalue weighted by Gasteiger charge is -2.36. The molecule has 136 valence electrons. The maximum absolute atomic E-state index is 12.8. The number of esters is 1. The minimum Gasteiger partial charge on any atom is -0.431 e. The molecule has 0 saturated heterocycles. The van der Waals surface area contributed by atoms with Crippen LogP contribution in [0.25, 0.3) is 11.0 Å². The van der Waals surface area contributed by atoms with Crippen molar-refractivity contribution in [3.63, 3.8) is 0 Å². The highest BCUT2D eigenvalue weighted by atomic mass is 16.5. The van der Waals surface area contributed by atoms with Crippen LogP contribution < -0.4 is 5.69 Å². The molecule has 2 heterocycles. The van der Waals surface area contributed by atoms with Crippen LogP contribution in [0.5, 0.6) is 0 Å². The summed E-state index contributed by atoms with van der Waals surface area (Å²) >= 11 is 0. The zero-order chi connectivity index (χ0) is 18.8. The summed E-state index contributed by atoms with van der Waals surface area (Å²) in [5.74, 6) is -0.0406. The number of carbonyl (C=O) groups excluding carboxylic acids is 2. The Hall–Kier alpha value is -2.63. The summed E-state index contributed by atoms with van der Waals surface area (Å²) in [6.07, 6.45) is 1.19. The smallest absolute Gasteiger partial charge is 0.328 e. The molecule has 0 unspecified atom stereocenters. The van der Waals surface area contributed by atoms with Crippen LogP contribution in [-0.2, 0) is 28.4 Å². The number of rotatable bonds is 1. The van der Waals surface area contributed by atoms with Gasteiger partial charge in [-0.05, 0) is 23.1 Å². The van der Waals surface area contributed by atoms with E-state index < -0.39 is 0 Å². The average molecular weight is 354 g/mol. The molecule has 6 nitrogen and oxygen atoms in total. The van der Waals surface area contributed by atoms with Gasteiger partial charge in [0, 0.05) is 38.4 Å². The van der Waals surface area contributed by atoms with Gasteiger partial charge in [0.25, 0.3) is 0 Å². The molecule has 1 aliphatic carbocycles. The molecular formula is C20H22N2O4. The van der Waals surface area contributed by atoms with Crippen molar-refractivity contribution in [3.8, 4) is 0 Å². The molecule has 1 aliphatic heterocycles. The van der Waals surface area contributed by atoms with E-state index in [0.717, 1.165) is 16.6 Å². The van der Waals surface area contributed by atoms with E-state index >= 15 is 0 Å². The molecule has 0 amide bonds. The van der Waals surface area contributed by atoms with Gasteiger partial charge >= 0.3 is 11.7 Å². The SMILES string of the molecule is Cn1c(=O)n(C)c2cc([C@H]3CC(=O)OC4=C3C(=O)CC(C)(C)C4)ccc21. The van der Waals surface area contributed by atoms with E-state index in [0.29, 0.717) is 24.2 Å². The van der Waals surface area contributed by atoms with Crippen molar-refractivity contribution in [2.75, 3.05) is 0 Å². The number of ether oxygens (including phenoxy) is 1. The second-order valence-corrected chi connectivity index (χ2v) is 8.16. The fourth-order valence-electron chi connectivity index (χ4n) is 4.23. The first kappa shape index (κ1) is 16.8. The molecule has 1 aromatic carbocycles. The van der Waals surface area contributed by atoms with Crippen LogP contribution in [0.2, 0.25) is 0 Å². The van der Waals surface area contributed by atoms with Gasteiger partial charge in [-0.1, -0.05) is 19.9 Å². The molecule has 2 aromatic rings. The van der Waals surface area contributed by atoms with Gasteiger partial charge < -0.3 is 4.74 Å². The van der Waals surface area contributed by atoms with Gasteiger partial charge in [0.1, 0.15) is 5.76 Å². The Kier molecular flexibility index (Phi) is 3.51. The summed E-state index contributed by atoms with van der Waals surface area (Å²) in [4.78, 5) is 37.2. The minimum atomic E-state index is -0.311. The predicted molar refractivity (Wildman–Crippen MR) is 96.7 cm³/mol. The highest BCUT2D eigenvalue weighted by molar-refractivity contribution is 6.00. The average Bonchev–Trinajstić information content (AvgIpc) is 2.76. The molecule has 0 saturated carbocycles. The summed E-state index contributed by atoms with van der Waals surface area (Å²) < 4.78 is 8.62. The van der Waals surface area contributed by atoms with E-state index in [-0.39, 0.29) is 35.2 Å². The molecule has 6 heteroatoms. The lowest BCUT2D eigenvalue weighted by atomic mass is 9.71. The fourth-order valence-corrected chi connectivity index (χ4v) is 4.23. The summed E-state index contributed by atoms with van der Waals surface area (Å²) in [6.45, 7) is 4.02. The Morgan fingerprint density at radius 2 is 1.73 bits per heavy atom. The number of hydrogen-bond donors (Lipinski definition) is 0. The van der Waals surface area contributed by atoms with Crippen LogP contribution in [-0.4, -0.2) is 20.9 Å². The number of allylic oxidation sites excluding steroid dienone is 2. The third-order valence-corrected chi connectivity index (χ3v) is 5.53. The topological polar surface area (TPSA) is 70.3 Å². The zero-order valence-corrected chi connectivity index (χ0v) is 15.5. The van der Waals surface area contributed by atoms with Gasteiger partial charge in [-0.15, -0.1) is 0 Å². The second-order valence-electron chi connectivity index (χ2n) is 8.16. The molecular weight excluding hydrogens is 332 g/mol. The van der Waals surface area contributed by atoms with E-state index in [1.807, 2.05) is 32.0 Å². The monoisotopic (exact) mass is 354 g/mol. The Balaban J connectivity index is 1.88. The molecule has 0 bridgehead atoms. The predicted octanol–water partition coefficient (Wildman–Crippen LogP) is 2.55. The molecule has 1 aromatic heterocycles. The third-order valence-electron chi connectivity index (χ3n) is 5.53. The van der Waals surface area contributed by atoms with Crippen LogP contribution in [0, 0.1) is 5.41 Å². The maximum Gasteiger partial charge on any atom is 0.328 e. The quantitative estimate of drug-likeness (QED) is 0.738. The first-order valence-electron chi connectivity index (χ1n) is 8.80. The van der Waals surface area contributed by atoms with Crippen LogP contribution in [0.3, 0.4) is 0 Å². The largest absolute Gasteiger partial charge is 0.431 e. The van der Waals surface area contributed by atoms with Crippen LogP contribution in [0.4, 0.5) is 0 Å². The first-order valence-corrected chi connectivity index (χ1v) is 8.80. The van der Waals surface area contributed by atoms with E-state index in [2.05, 4.69) is 0 Å². The van der Waals surface area contributed by atoms with Crippen molar-refractivity contribution in [3.05, 3.63) is 45.6 Å². The number of imidazole rings is 1. The summed E-state index contributed by atoms with van der Waals surface area (Å²) in [5, 5.41) is 0. The van der Waals surface area contributed by atoms with Crippen LogP contribution in [0.1, 0.15) is 44.6 Å². The van der Waals surface area contributed by atoms with Gasteiger partial charge in [0.15, 0.2) is 5.78 Å². The number of Topliss-reactive ketones (excluding diaryl/α,β-unsaturated/α-hetero) is 1. The van der Waals surface area contributed by atoms with E-state index in [1.54, 1.807) is 23.2 Å². The summed E-state index contributed by atoms with van der Waals surface area (Å²) in [7, 11) is 3.46. The van der Waals surface area contributed by atoms with Gasteiger partial charge in [-0.25, -0.2) is 4.79 Å². The van der Waals surface area contributed by atoms with Crippen molar-refractivity contribution >= 4 is 22.8 Å². The lowest BCUT2D eigenvalue weighted by Crippen LogP contribution is -2.33. The Morgan fingerprint density at radius 3 is 2.46 bits per heavy atom. The molecule has 2 aliphatic rings. The molecule has 0 N–H and O–H groups in total. The molecule has 0 radical (unpaired) electrons. The zero-order valence-electron chi connectivity index (χ0n) is 15.5. The highest BCUT2D eigenvalue weighted by Crippen LogP contribution is 2.46. The van der Waals surface area contributed by atoms with Gasteiger partial charge in [-0.2, -0.15) is 0 Å². The van der Waals surface area contributed by atoms with Gasteiger partial charge in [0.05, 0.1) is 17.5 Å². The number of aromatic nitrogens is 2.